The molecule has 0 N–H and O–H groups in total. The Hall–Kier alpha value is -3.60. The van der Waals surface area contributed by atoms with Crippen molar-refractivity contribution in [2.24, 2.45) is 0 Å². The highest BCUT2D eigenvalue weighted by atomic mass is 32.2. The molecule has 0 unspecified atom stereocenters. The van der Waals surface area contributed by atoms with Crippen LogP contribution >= 0.6 is 11.8 Å². The first-order valence-electron chi connectivity index (χ1n) is 11.1. The van der Waals surface area contributed by atoms with Crippen LogP contribution < -0.4 is 15.2 Å². The molecule has 0 radical (unpaired) electrons. The van der Waals surface area contributed by atoms with Crippen molar-refractivity contribution in [3.05, 3.63) is 46.9 Å². The largest absolute Gasteiger partial charge is 0.495 e. The predicted molar refractivity (Wildman–Crippen MR) is 138 cm³/mol. The van der Waals surface area contributed by atoms with Crippen LogP contribution in [0.5, 0.6) is 5.75 Å². The van der Waals surface area contributed by atoms with Crippen molar-refractivity contribution >= 4 is 40.7 Å². The van der Waals surface area contributed by atoms with Crippen LogP contribution in [0.2, 0.25) is 0 Å². The van der Waals surface area contributed by atoms with Crippen molar-refractivity contribution in [3.63, 3.8) is 0 Å². The van der Waals surface area contributed by atoms with Crippen LogP contribution in [0, 0.1) is 0 Å². The molecule has 36 heavy (non-hydrogen) atoms. The molecular formula is C25H30N4O6S. The average molecular weight is 515 g/mol. The van der Waals surface area contributed by atoms with Gasteiger partial charge in [0.2, 0.25) is 0 Å². The van der Waals surface area contributed by atoms with E-state index in [1.165, 1.54) is 29.6 Å². The fourth-order valence-electron chi connectivity index (χ4n) is 3.29. The van der Waals surface area contributed by atoms with Gasteiger partial charge in [-0.3, -0.25) is 9.36 Å². The second-order valence-corrected chi connectivity index (χ2v) is 10.5. The molecule has 0 atom stereocenters. The van der Waals surface area contributed by atoms with Gasteiger partial charge in [-0.25, -0.2) is 19.6 Å². The highest BCUT2D eigenvalue weighted by Gasteiger charge is 2.35. The van der Waals surface area contributed by atoms with Gasteiger partial charge in [0.25, 0.3) is 5.56 Å². The summed E-state index contributed by atoms with van der Waals surface area (Å²) in [6.07, 6.45) is 1.25. The Labute approximate surface area is 213 Å². The van der Waals surface area contributed by atoms with Gasteiger partial charge in [0, 0.05) is 12.3 Å². The number of pyridine rings is 1. The van der Waals surface area contributed by atoms with Crippen LogP contribution in [0.25, 0.3) is 16.7 Å². The zero-order chi connectivity index (χ0) is 26.8. The number of benzene rings is 1. The second kappa shape index (κ2) is 10.2. The molecule has 0 bridgehead atoms. The summed E-state index contributed by atoms with van der Waals surface area (Å²) in [7, 11) is 1.50. The van der Waals surface area contributed by atoms with Gasteiger partial charge in [0.05, 0.1) is 23.9 Å². The highest BCUT2D eigenvalue weighted by Crippen LogP contribution is 2.31. The molecule has 1 aromatic carbocycles. The monoisotopic (exact) mass is 514 g/mol. The molecule has 2 heterocycles. The molecule has 0 spiro atoms. The van der Waals surface area contributed by atoms with E-state index in [4.69, 9.17) is 14.2 Å². The number of amides is 2. The minimum absolute atomic E-state index is 0.0581. The topological polar surface area (TPSA) is 113 Å². The van der Waals surface area contributed by atoms with Gasteiger partial charge in [-0.15, -0.1) is 0 Å². The number of carbonyl (C=O) groups excluding carboxylic acids is 2. The van der Waals surface area contributed by atoms with Crippen molar-refractivity contribution in [1.29, 1.82) is 0 Å². The molecule has 3 aromatic rings. The number of ether oxygens (including phenoxy) is 3. The first-order valence-corrected chi connectivity index (χ1v) is 12.3. The number of hydrogen-bond donors (Lipinski definition) is 0. The van der Waals surface area contributed by atoms with Crippen molar-refractivity contribution < 1.29 is 23.8 Å². The number of anilines is 1. The molecular weight excluding hydrogens is 484 g/mol. The molecule has 11 heteroatoms. The van der Waals surface area contributed by atoms with Crippen LogP contribution in [0.4, 0.5) is 15.3 Å². The Kier molecular flexibility index (Phi) is 7.63. The lowest BCUT2D eigenvalue weighted by Crippen LogP contribution is -2.44. The molecule has 2 aromatic heterocycles. The van der Waals surface area contributed by atoms with Gasteiger partial charge in [-0.1, -0.05) is 23.9 Å². The zero-order valence-corrected chi connectivity index (χ0v) is 22.4. The van der Waals surface area contributed by atoms with E-state index < -0.39 is 28.9 Å². The lowest BCUT2D eigenvalue weighted by molar-refractivity contribution is 0.0431. The molecule has 10 nitrogen and oxygen atoms in total. The summed E-state index contributed by atoms with van der Waals surface area (Å²) >= 11 is 1.28. The maximum absolute atomic E-state index is 13.6. The van der Waals surface area contributed by atoms with E-state index in [1.54, 1.807) is 72.1 Å². The summed E-state index contributed by atoms with van der Waals surface area (Å²) in [5.41, 5.74) is -1.82. The number of para-hydroxylation sites is 2. The number of methoxy groups -OCH3 is 1. The lowest BCUT2D eigenvalue weighted by atomic mass is 10.2. The van der Waals surface area contributed by atoms with E-state index >= 15 is 0 Å². The van der Waals surface area contributed by atoms with Gasteiger partial charge in [0.15, 0.2) is 10.8 Å². The smallest absolute Gasteiger partial charge is 0.424 e. The van der Waals surface area contributed by atoms with Gasteiger partial charge in [-0.2, -0.15) is 4.90 Å². The van der Waals surface area contributed by atoms with Crippen LogP contribution in [0.15, 0.2) is 46.5 Å². The third-order valence-electron chi connectivity index (χ3n) is 4.62. The van der Waals surface area contributed by atoms with Crippen LogP contribution in [0.1, 0.15) is 41.5 Å². The molecule has 2 amide bonds. The zero-order valence-electron chi connectivity index (χ0n) is 21.6. The Morgan fingerprint density at radius 2 is 1.58 bits per heavy atom. The Morgan fingerprint density at radius 1 is 1.00 bits per heavy atom. The molecule has 0 saturated heterocycles. The molecule has 0 aliphatic carbocycles. The Bertz CT molecular complexity index is 1330. The quantitative estimate of drug-likeness (QED) is 0.343. The van der Waals surface area contributed by atoms with Gasteiger partial charge >= 0.3 is 12.2 Å². The highest BCUT2D eigenvalue weighted by molar-refractivity contribution is 7.98. The number of thioether (sulfide) groups is 1. The third-order valence-corrected chi connectivity index (χ3v) is 5.18. The summed E-state index contributed by atoms with van der Waals surface area (Å²) in [5.74, 6) is 0.439. The minimum Gasteiger partial charge on any atom is -0.495 e. The molecule has 0 aliphatic rings. The van der Waals surface area contributed by atoms with Crippen molar-refractivity contribution in [2.75, 3.05) is 18.3 Å². The molecule has 0 aliphatic heterocycles. The SMILES string of the molecule is COc1ccccc1-n1c(=O)cc(N(C(=O)OC(C)(C)C)C(=O)OC(C)(C)C)c2cnc(SC)nc21. The first-order chi connectivity index (χ1) is 16.8. The van der Waals surface area contributed by atoms with Crippen molar-refractivity contribution in [2.45, 2.75) is 57.9 Å². The summed E-state index contributed by atoms with van der Waals surface area (Å²) in [6, 6.07) is 8.11. The molecule has 3 rings (SSSR count). The Morgan fingerprint density at radius 3 is 2.11 bits per heavy atom. The van der Waals surface area contributed by atoms with Crippen LogP contribution in [0.3, 0.4) is 0 Å². The summed E-state index contributed by atoms with van der Waals surface area (Å²) in [4.78, 5) is 49.6. The number of carbonyl (C=O) groups is 2. The van der Waals surface area contributed by atoms with E-state index in [2.05, 4.69) is 9.97 Å². The van der Waals surface area contributed by atoms with E-state index in [0.717, 1.165) is 6.07 Å². The molecule has 192 valence electrons. The van der Waals surface area contributed by atoms with Crippen molar-refractivity contribution in [3.8, 4) is 11.4 Å². The fourth-order valence-corrected chi connectivity index (χ4v) is 3.62. The number of imide groups is 1. The van der Waals surface area contributed by atoms with E-state index in [-0.39, 0.29) is 16.7 Å². The van der Waals surface area contributed by atoms with Crippen LogP contribution in [-0.2, 0) is 9.47 Å². The molecule has 0 fully saturated rings. The number of rotatable bonds is 4. The van der Waals surface area contributed by atoms with E-state index in [0.29, 0.717) is 21.5 Å². The second-order valence-electron chi connectivity index (χ2n) is 9.77. The van der Waals surface area contributed by atoms with Gasteiger partial charge < -0.3 is 14.2 Å². The fraction of sp³-hybridized carbons (Fsp3) is 0.400. The maximum atomic E-state index is 13.6. The third kappa shape index (κ3) is 5.96. The summed E-state index contributed by atoms with van der Waals surface area (Å²) in [6.45, 7) is 10.0. The number of hydrogen-bond acceptors (Lipinski definition) is 9. The minimum atomic E-state index is -0.999. The number of fused-ring (bicyclic) bond motifs is 1. The maximum Gasteiger partial charge on any atom is 0.424 e. The lowest BCUT2D eigenvalue weighted by Gasteiger charge is -2.29. The predicted octanol–water partition coefficient (Wildman–Crippen LogP) is 5.19. The average Bonchev–Trinajstić information content (AvgIpc) is 2.76. The number of aromatic nitrogens is 3. The van der Waals surface area contributed by atoms with E-state index in [9.17, 15) is 14.4 Å². The van der Waals surface area contributed by atoms with Crippen LogP contribution in [-0.4, -0.2) is 51.3 Å². The van der Waals surface area contributed by atoms with Gasteiger partial charge in [-0.05, 0) is 59.9 Å². The normalized spacial score (nSPS) is 11.8. The first kappa shape index (κ1) is 27.0. The van der Waals surface area contributed by atoms with Crippen molar-refractivity contribution in [1.82, 2.24) is 14.5 Å². The van der Waals surface area contributed by atoms with E-state index in [1.807, 2.05) is 0 Å². The standard InChI is InChI=1S/C25H30N4O6S/c1-24(2,3)34-22(31)29(23(32)35-25(4,5)6)17-13-19(30)28(16-11-9-10-12-18(16)33-7)20-15(17)14-26-21(27-20)36-8/h9-14H,1-8H3. The summed E-state index contributed by atoms with van der Waals surface area (Å²) in [5, 5.41) is 0.652. The summed E-state index contributed by atoms with van der Waals surface area (Å²) < 4.78 is 17.8. The van der Waals surface area contributed by atoms with Gasteiger partial charge in [0.1, 0.15) is 17.0 Å². The Balaban J connectivity index is 2.37. The molecule has 0 saturated carbocycles. The number of nitrogens with zero attached hydrogens (tertiary/aromatic N) is 4.